The van der Waals surface area contributed by atoms with Gasteiger partial charge in [-0.25, -0.2) is 4.98 Å². The summed E-state index contributed by atoms with van der Waals surface area (Å²) in [6.45, 7) is 3.95. The summed E-state index contributed by atoms with van der Waals surface area (Å²) < 4.78 is 5.46. The standard InChI is InChI=1S/C13H17N3O/c1-8-16-11-6-9(2-3-12(11)17-8)13(14)10-4-5-15-7-10/h2-3,6,10,13,15H,4-5,7,14H2,1H3. The summed E-state index contributed by atoms with van der Waals surface area (Å²) in [6, 6.07) is 6.16. The highest BCUT2D eigenvalue weighted by atomic mass is 16.3. The molecule has 1 aliphatic rings. The van der Waals surface area contributed by atoms with Gasteiger partial charge < -0.3 is 15.5 Å². The van der Waals surface area contributed by atoms with Gasteiger partial charge in [0.1, 0.15) is 5.52 Å². The lowest BCUT2D eigenvalue weighted by molar-refractivity contribution is 0.470. The maximum absolute atomic E-state index is 6.30. The zero-order valence-corrected chi connectivity index (χ0v) is 9.94. The summed E-state index contributed by atoms with van der Waals surface area (Å²) in [6.07, 6.45) is 1.15. The van der Waals surface area contributed by atoms with Crippen molar-refractivity contribution < 1.29 is 4.42 Å². The van der Waals surface area contributed by atoms with Crippen molar-refractivity contribution in [3.05, 3.63) is 29.7 Å². The van der Waals surface area contributed by atoms with E-state index in [1.807, 2.05) is 13.0 Å². The first-order chi connectivity index (χ1) is 8.24. The van der Waals surface area contributed by atoms with Crippen LogP contribution in [0.3, 0.4) is 0 Å². The minimum absolute atomic E-state index is 0.0893. The first-order valence-electron chi connectivity index (χ1n) is 6.07. The second-order valence-corrected chi connectivity index (χ2v) is 4.74. The van der Waals surface area contributed by atoms with Gasteiger partial charge in [-0.15, -0.1) is 0 Å². The van der Waals surface area contributed by atoms with E-state index in [0.29, 0.717) is 11.8 Å². The van der Waals surface area contributed by atoms with Crippen molar-refractivity contribution in [1.29, 1.82) is 0 Å². The number of rotatable bonds is 2. The molecule has 0 bridgehead atoms. The summed E-state index contributed by atoms with van der Waals surface area (Å²) in [5.74, 6) is 1.23. The average Bonchev–Trinajstić information content (AvgIpc) is 2.94. The number of nitrogens with zero attached hydrogens (tertiary/aromatic N) is 1. The SMILES string of the molecule is Cc1nc2cc(C(N)C3CCNC3)ccc2o1. The van der Waals surface area contributed by atoms with Crippen molar-refractivity contribution in [2.75, 3.05) is 13.1 Å². The van der Waals surface area contributed by atoms with Crippen molar-refractivity contribution in [3.8, 4) is 0 Å². The molecule has 2 atom stereocenters. The van der Waals surface area contributed by atoms with Crippen LogP contribution in [0, 0.1) is 12.8 Å². The molecular formula is C13H17N3O. The van der Waals surface area contributed by atoms with Gasteiger partial charge in [0.15, 0.2) is 11.5 Å². The van der Waals surface area contributed by atoms with Crippen LogP contribution in [0.15, 0.2) is 22.6 Å². The van der Waals surface area contributed by atoms with Crippen LogP contribution in [0.1, 0.15) is 23.9 Å². The van der Waals surface area contributed by atoms with Crippen LogP contribution >= 0.6 is 0 Å². The summed E-state index contributed by atoms with van der Waals surface area (Å²) in [5.41, 5.74) is 9.19. The predicted octanol–water partition coefficient (Wildman–Crippen LogP) is 1.75. The molecule has 1 saturated heterocycles. The second-order valence-electron chi connectivity index (χ2n) is 4.74. The van der Waals surface area contributed by atoms with Gasteiger partial charge in [0.05, 0.1) is 0 Å². The van der Waals surface area contributed by atoms with Gasteiger partial charge in [0.2, 0.25) is 0 Å². The van der Waals surface area contributed by atoms with E-state index >= 15 is 0 Å². The number of hydrogen-bond acceptors (Lipinski definition) is 4. The number of aryl methyl sites for hydroxylation is 1. The van der Waals surface area contributed by atoms with Crippen molar-refractivity contribution in [2.45, 2.75) is 19.4 Å². The third kappa shape index (κ3) is 1.94. The number of hydrogen-bond donors (Lipinski definition) is 2. The van der Waals surface area contributed by atoms with E-state index in [1.165, 1.54) is 0 Å². The van der Waals surface area contributed by atoms with Gasteiger partial charge in [0.25, 0.3) is 0 Å². The molecule has 4 nitrogen and oxygen atoms in total. The van der Waals surface area contributed by atoms with Gasteiger partial charge >= 0.3 is 0 Å². The predicted molar refractivity (Wildman–Crippen MR) is 66.7 cm³/mol. The van der Waals surface area contributed by atoms with Gasteiger partial charge in [-0.3, -0.25) is 0 Å². The Labute approximate surface area is 100 Å². The van der Waals surface area contributed by atoms with Crippen molar-refractivity contribution in [3.63, 3.8) is 0 Å². The normalized spacial score (nSPS) is 22.1. The molecule has 1 aromatic heterocycles. The van der Waals surface area contributed by atoms with Gasteiger partial charge in [-0.1, -0.05) is 6.07 Å². The first-order valence-corrected chi connectivity index (χ1v) is 6.07. The topological polar surface area (TPSA) is 64.1 Å². The molecular weight excluding hydrogens is 214 g/mol. The summed E-state index contributed by atoms with van der Waals surface area (Å²) in [7, 11) is 0. The zero-order chi connectivity index (χ0) is 11.8. The first kappa shape index (κ1) is 10.7. The molecule has 17 heavy (non-hydrogen) atoms. The molecule has 3 N–H and O–H groups in total. The van der Waals surface area contributed by atoms with E-state index < -0.39 is 0 Å². The number of nitrogens with two attached hydrogens (primary N) is 1. The summed E-state index contributed by atoms with van der Waals surface area (Å²) in [5, 5.41) is 3.35. The Kier molecular flexibility index (Phi) is 2.61. The minimum Gasteiger partial charge on any atom is -0.441 e. The van der Waals surface area contributed by atoms with E-state index in [4.69, 9.17) is 10.2 Å². The molecule has 1 aromatic carbocycles. The lowest BCUT2D eigenvalue weighted by atomic mass is 9.93. The average molecular weight is 231 g/mol. The van der Waals surface area contributed by atoms with E-state index in [9.17, 15) is 0 Å². The van der Waals surface area contributed by atoms with Crippen molar-refractivity contribution in [2.24, 2.45) is 11.7 Å². The Morgan fingerprint density at radius 1 is 1.53 bits per heavy atom. The Morgan fingerprint density at radius 2 is 2.41 bits per heavy atom. The van der Waals surface area contributed by atoms with Gasteiger partial charge in [-0.2, -0.15) is 0 Å². The minimum atomic E-state index is 0.0893. The Balaban J connectivity index is 1.93. The Bertz CT molecular complexity index is 528. The van der Waals surface area contributed by atoms with Gasteiger partial charge in [-0.05, 0) is 43.1 Å². The van der Waals surface area contributed by atoms with Crippen LogP contribution in [-0.4, -0.2) is 18.1 Å². The quantitative estimate of drug-likeness (QED) is 0.826. The molecule has 0 radical (unpaired) electrons. The lowest BCUT2D eigenvalue weighted by Gasteiger charge is -2.18. The molecule has 2 unspecified atom stereocenters. The van der Waals surface area contributed by atoms with Crippen molar-refractivity contribution in [1.82, 2.24) is 10.3 Å². The molecule has 4 heteroatoms. The van der Waals surface area contributed by atoms with Crippen LogP contribution in [0.4, 0.5) is 0 Å². The van der Waals surface area contributed by atoms with E-state index in [0.717, 1.165) is 36.2 Å². The Hall–Kier alpha value is -1.39. The van der Waals surface area contributed by atoms with Crippen LogP contribution in [0.25, 0.3) is 11.1 Å². The number of benzene rings is 1. The number of nitrogens with one attached hydrogen (secondary N) is 1. The van der Waals surface area contributed by atoms with E-state index in [-0.39, 0.29) is 6.04 Å². The van der Waals surface area contributed by atoms with Crippen LogP contribution in [0.5, 0.6) is 0 Å². The Morgan fingerprint density at radius 3 is 3.18 bits per heavy atom. The highest BCUT2D eigenvalue weighted by Crippen LogP contribution is 2.27. The molecule has 2 aromatic rings. The molecule has 0 saturated carbocycles. The monoisotopic (exact) mass is 231 g/mol. The highest BCUT2D eigenvalue weighted by molar-refractivity contribution is 5.73. The second kappa shape index (κ2) is 4.13. The van der Waals surface area contributed by atoms with Gasteiger partial charge in [0, 0.05) is 13.0 Å². The third-order valence-corrected chi connectivity index (χ3v) is 3.51. The summed E-state index contributed by atoms with van der Waals surface area (Å²) >= 11 is 0. The molecule has 1 fully saturated rings. The van der Waals surface area contributed by atoms with Crippen molar-refractivity contribution >= 4 is 11.1 Å². The smallest absolute Gasteiger partial charge is 0.192 e. The summed E-state index contributed by atoms with van der Waals surface area (Å²) in [4.78, 5) is 4.34. The largest absolute Gasteiger partial charge is 0.441 e. The molecule has 2 heterocycles. The fraction of sp³-hybridized carbons (Fsp3) is 0.462. The molecule has 0 aliphatic carbocycles. The molecule has 0 amide bonds. The molecule has 90 valence electrons. The number of aromatic nitrogens is 1. The maximum atomic E-state index is 6.30. The van der Waals surface area contributed by atoms with E-state index in [1.54, 1.807) is 0 Å². The maximum Gasteiger partial charge on any atom is 0.192 e. The van der Waals surface area contributed by atoms with E-state index in [2.05, 4.69) is 22.4 Å². The third-order valence-electron chi connectivity index (χ3n) is 3.51. The fourth-order valence-corrected chi connectivity index (χ4v) is 2.52. The van der Waals surface area contributed by atoms with Crippen LogP contribution in [-0.2, 0) is 0 Å². The lowest BCUT2D eigenvalue weighted by Crippen LogP contribution is -2.23. The zero-order valence-electron chi connectivity index (χ0n) is 9.94. The fourth-order valence-electron chi connectivity index (χ4n) is 2.52. The molecule has 1 aliphatic heterocycles. The molecule has 3 rings (SSSR count). The molecule has 0 spiro atoms. The highest BCUT2D eigenvalue weighted by Gasteiger charge is 2.23. The number of oxazole rings is 1. The number of fused-ring (bicyclic) bond motifs is 1. The van der Waals surface area contributed by atoms with Crippen LogP contribution < -0.4 is 11.1 Å². The van der Waals surface area contributed by atoms with Crippen LogP contribution in [0.2, 0.25) is 0 Å².